The molecule has 0 aliphatic carbocycles. The lowest BCUT2D eigenvalue weighted by Gasteiger charge is -2.22. The van der Waals surface area contributed by atoms with Gasteiger partial charge in [-0.3, -0.25) is 9.59 Å². The topological polar surface area (TPSA) is 95.9 Å². The van der Waals surface area contributed by atoms with Crippen molar-refractivity contribution in [1.82, 2.24) is 5.32 Å². The summed E-state index contributed by atoms with van der Waals surface area (Å²) in [6.07, 6.45) is 84.8. The number of nitrogens with one attached hydrogen (secondary N) is 1. The second-order valence-corrected chi connectivity index (χ2v) is 23.9. The molecule has 0 aromatic heterocycles. The van der Waals surface area contributed by atoms with E-state index < -0.39 is 12.1 Å². The van der Waals surface area contributed by atoms with Crippen molar-refractivity contribution in [3.63, 3.8) is 0 Å². The molecule has 0 aromatic carbocycles. The lowest BCUT2D eigenvalue weighted by Crippen LogP contribution is -2.45. The summed E-state index contributed by atoms with van der Waals surface area (Å²) in [6.45, 7) is 4.95. The van der Waals surface area contributed by atoms with Crippen molar-refractivity contribution in [2.24, 2.45) is 0 Å². The van der Waals surface area contributed by atoms with Crippen molar-refractivity contribution >= 4 is 11.9 Å². The second kappa shape index (κ2) is 66.6. The van der Waals surface area contributed by atoms with Gasteiger partial charge in [0.15, 0.2) is 0 Å². The van der Waals surface area contributed by atoms with E-state index in [-0.39, 0.29) is 18.5 Å². The van der Waals surface area contributed by atoms with Gasteiger partial charge in [0.25, 0.3) is 0 Å². The summed E-state index contributed by atoms with van der Waals surface area (Å²) < 4.78 is 5.49. The average Bonchev–Trinajstić information content (AvgIpc) is 3.43. The number of amides is 1. The Kier molecular flexibility index (Phi) is 64.9. The number of ether oxygens (including phenoxy) is 1. The maximum Gasteiger partial charge on any atom is 0.305 e. The number of allylic oxidation sites excluding steroid dienone is 6. The first-order valence-corrected chi connectivity index (χ1v) is 34.7. The molecule has 0 heterocycles. The molecule has 0 aromatic rings. The van der Waals surface area contributed by atoms with Crippen LogP contribution in [0.4, 0.5) is 0 Å². The first-order valence-electron chi connectivity index (χ1n) is 34.7. The first kappa shape index (κ1) is 75.1. The highest BCUT2D eigenvalue weighted by Gasteiger charge is 2.20. The van der Waals surface area contributed by atoms with Crippen molar-refractivity contribution in [1.29, 1.82) is 0 Å². The Balaban J connectivity index is 3.35. The Morgan fingerprint density at radius 1 is 0.364 bits per heavy atom. The molecular formula is C71H135NO5. The Hall–Kier alpha value is -1.92. The molecule has 0 saturated heterocycles. The molecule has 2 atom stereocenters. The molecule has 0 saturated carbocycles. The molecular weight excluding hydrogens is 947 g/mol. The van der Waals surface area contributed by atoms with E-state index >= 15 is 0 Å². The van der Waals surface area contributed by atoms with Gasteiger partial charge in [-0.1, -0.05) is 320 Å². The van der Waals surface area contributed by atoms with Crippen molar-refractivity contribution < 1.29 is 24.5 Å². The van der Waals surface area contributed by atoms with E-state index in [1.165, 1.54) is 295 Å². The minimum atomic E-state index is -0.662. The molecule has 0 radical (unpaired) electrons. The molecule has 3 N–H and O–H groups in total. The molecule has 454 valence electrons. The quantitative estimate of drug-likeness (QED) is 0.0320. The Labute approximate surface area is 481 Å². The third kappa shape index (κ3) is 63.1. The molecule has 6 heteroatoms. The van der Waals surface area contributed by atoms with Crippen LogP contribution in [0.3, 0.4) is 0 Å². The second-order valence-electron chi connectivity index (χ2n) is 23.9. The molecule has 0 aliphatic heterocycles. The third-order valence-corrected chi connectivity index (χ3v) is 16.2. The summed E-state index contributed by atoms with van der Waals surface area (Å²) in [5.41, 5.74) is 0. The summed E-state index contributed by atoms with van der Waals surface area (Å²) in [6, 6.07) is -0.539. The van der Waals surface area contributed by atoms with Gasteiger partial charge in [-0.2, -0.15) is 0 Å². The van der Waals surface area contributed by atoms with E-state index in [0.717, 1.165) is 51.4 Å². The minimum absolute atomic E-state index is 0.00444. The largest absolute Gasteiger partial charge is 0.466 e. The van der Waals surface area contributed by atoms with Crippen LogP contribution in [0.2, 0.25) is 0 Å². The van der Waals surface area contributed by atoms with Gasteiger partial charge >= 0.3 is 5.97 Å². The first-order chi connectivity index (χ1) is 38.0. The predicted molar refractivity (Wildman–Crippen MR) is 338 cm³/mol. The summed E-state index contributed by atoms with van der Waals surface area (Å²) in [5, 5.41) is 23.3. The van der Waals surface area contributed by atoms with Crippen molar-refractivity contribution in [3.8, 4) is 0 Å². The van der Waals surface area contributed by atoms with Gasteiger partial charge in [0, 0.05) is 12.8 Å². The minimum Gasteiger partial charge on any atom is -0.466 e. The summed E-state index contributed by atoms with van der Waals surface area (Å²) in [4.78, 5) is 24.6. The summed E-state index contributed by atoms with van der Waals surface area (Å²) >= 11 is 0. The highest BCUT2D eigenvalue weighted by Crippen LogP contribution is 2.18. The lowest BCUT2D eigenvalue weighted by molar-refractivity contribution is -0.143. The molecule has 0 bridgehead atoms. The molecule has 0 aliphatic rings. The molecule has 77 heavy (non-hydrogen) atoms. The number of rotatable bonds is 65. The summed E-state index contributed by atoms with van der Waals surface area (Å²) in [7, 11) is 0. The van der Waals surface area contributed by atoms with Gasteiger partial charge in [-0.15, -0.1) is 0 Å². The number of aliphatic hydroxyl groups excluding tert-OH is 2. The van der Waals surface area contributed by atoms with E-state index in [4.69, 9.17) is 4.74 Å². The van der Waals surface area contributed by atoms with Crippen LogP contribution >= 0.6 is 0 Å². The highest BCUT2D eigenvalue weighted by atomic mass is 16.5. The summed E-state index contributed by atoms with van der Waals surface area (Å²) in [5.74, 6) is -0.0270. The van der Waals surface area contributed by atoms with Crippen LogP contribution in [-0.4, -0.2) is 47.4 Å². The lowest BCUT2D eigenvalue weighted by atomic mass is 10.0. The van der Waals surface area contributed by atoms with Gasteiger partial charge in [0.2, 0.25) is 5.91 Å². The van der Waals surface area contributed by atoms with Gasteiger partial charge in [-0.25, -0.2) is 0 Å². The van der Waals surface area contributed by atoms with E-state index in [1.807, 2.05) is 0 Å². The van der Waals surface area contributed by atoms with Crippen molar-refractivity contribution in [2.75, 3.05) is 13.2 Å². The van der Waals surface area contributed by atoms with Crippen LogP contribution in [0.25, 0.3) is 0 Å². The number of aliphatic hydroxyl groups is 2. The molecule has 6 nitrogen and oxygen atoms in total. The number of unbranched alkanes of at least 4 members (excludes halogenated alkanes) is 48. The van der Waals surface area contributed by atoms with Crippen LogP contribution in [0.1, 0.15) is 380 Å². The number of hydrogen-bond acceptors (Lipinski definition) is 5. The molecule has 0 spiro atoms. The number of hydrogen-bond donors (Lipinski definition) is 3. The van der Waals surface area contributed by atoms with E-state index in [0.29, 0.717) is 25.9 Å². The standard InChI is InChI=1S/C71H135NO5/c1-3-5-7-9-11-13-15-17-18-37-41-45-49-53-57-61-65-71(76)77-66-62-58-54-50-46-42-38-35-33-31-29-27-25-23-21-19-20-22-24-26-28-30-32-34-36-40-44-48-52-56-60-64-70(75)72-68(67-73)69(74)63-59-55-51-47-43-39-16-14-12-10-8-6-4-2/h13,15,18,21,23,37,68-69,73-74H,3-12,14,16-17,19-20,22,24-36,38-67H2,1-2H3,(H,72,75)/b15-13-,23-21-,37-18-. The van der Waals surface area contributed by atoms with Crippen LogP contribution in [0.5, 0.6) is 0 Å². The van der Waals surface area contributed by atoms with E-state index in [1.54, 1.807) is 0 Å². The van der Waals surface area contributed by atoms with Gasteiger partial charge < -0.3 is 20.3 Å². The van der Waals surface area contributed by atoms with Crippen LogP contribution in [0, 0.1) is 0 Å². The SMILES string of the molecule is CCCCCC/C=C\C/C=C\CCCCCCCC(=O)OCCCCCCCCCCCCCC/C=C\CCCCCCCCCCCCCCCCCC(=O)NC(CO)C(O)CCCCCCCCCCCCCCC. The van der Waals surface area contributed by atoms with Crippen LogP contribution in [-0.2, 0) is 14.3 Å². The Morgan fingerprint density at radius 3 is 1.01 bits per heavy atom. The fraction of sp³-hybridized carbons (Fsp3) is 0.887. The zero-order chi connectivity index (χ0) is 55.7. The smallest absolute Gasteiger partial charge is 0.305 e. The molecule has 0 rings (SSSR count). The monoisotopic (exact) mass is 1080 g/mol. The fourth-order valence-corrected chi connectivity index (χ4v) is 10.8. The van der Waals surface area contributed by atoms with E-state index in [2.05, 4.69) is 55.6 Å². The zero-order valence-electron chi connectivity index (χ0n) is 52.0. The number of carbonyl (C=O) groups excluding carboxylic acids is 2. The Morgan fingerprint density at radius 2 is 0.649 bits per heavy atom. The number of carbonyl (C=O) groups is 2. The van der Waals surface area contributed by atoms with Crippen molar-refractivity contribution in [2.45, 2.75) is 392 Å². The van der Waals surface area contributed by atoms with Gasteiger partial charge in [0.05, 0.1) is 25.4 Å². The Bertz CT molecular complexity index is 1250. The maximum atomic E-state index is 12.5. The number of esters is 1. The zero-order valence-corrected chi connectivity index (χ0v) is 52.0. The van der Waals surface area contributed by atoms with Gasteiger partial charge in [0.1, 0.15) is 0 Å². The van der Waals surface area contributed by atoms with Crippen LogP contribution in [0.15, 0.2) is 36.5 Å². The fourth-order valence-electron chi connectivity index (χ4n) is 10.8. The van der Waals surface area contributed by atoms with Gasteiger partial charge in [-0.05, 0) is 83.5 Å². The maximum absolute atomic E-state index is 12.5. The molecule has 1 amide bonds. The van der Waals surface area contributed by atoms with Crippen molar-refractivity contribution in [3.05, 3.63) is 36.5 Å². The molecule has 2 unspecified atom stereocenters. The molecule has 0 fully saturated rings. The van der Waals surface area contributed by atoms with Crippen LogP contribution < -0.4 is 5.32 Å². The predicted octanol–water partition coefficient (Wildman–Crippen LogP) is 22.3. The highest BCUT2D eigenvalue weighted by molar-refractivity contribution is 5.76. The normalized spacial score (nSPS) is 12.7. The average molecular weight is 1080 g/mol. The van der Waals surface area contributed by atoms with E-state index in [9.17, 15) is 19.8 Å². The third-order valence-electron chi connectivity index (χ3n) is 16.2.